The second kappa shape index (κ2) is 4.39. The van der Waals surface area contributed by atoms with Gasteiger partial charge in [-0.3, -0.25) is 9.59 Å². The number of carboxylic acids is 2. The number of hydrogen-bond donors (Lipinski definition) is 2. The lowest BCUT2D eigenvalue weighted by Gasteiger charge is -2.27. The van der Waals surface area contributed by atoms with Crippen molar-refractivity contribution in [1.29, 1.82) is 0 Å². The van der Waals surface area contributed by atoms with E-state index in [9.17, 15) is 19.8 Å². The summed E-state index contributed by atoms with van der Waals surface area (Å²) in [7, 11) is 0. The minimum atomic E-state index is -1.28. The zero-order valence-corrected chi connectivity index (χ0v) is 11.0. The van der Waals surface area contributed by atoms with Crippen molar-refractivity contribution in [3.8, 4) is 0 Å². The summed E-state index contributed by atoms with van der Waals surface area (Å²) in [4.78, 5) is 22.6. The van der Waals surface area contributed by atoms with E-state index in [-0.39, 0.29) is 0 Å². The van der Waals surface area contributed by atoms with Crippen molar-refractivity contribution in [2.45, 2.75) is 44.2 Å². The molecule has 0 aromatic rings. The Bertz CT molecular complexity index is 415. The lowest BCUT2D eigenvalue weighted by Crippen LogP contribution is -2.50. The topological polar surface area (TPSA) is 112 Å². The summed E-state index contributed by atoms with van der Waals surface area (Å²) < 4.78 is 22.1. The molecule has 7 atom stereocenters. The van der Waals surface area contributed by atoms with E-state index < -0.39 is 54.2 Å². The van der Waals surface area contributed by atoms with Crippen LogP contribution in [0, 0.1) is 11.8 Å². The zero-order chi connectivity index (χ0) is 14.7. The first-order chi connectivity index (χ1) is 9.38. The van der Waals surface area contributed by atoms with Gasteiger partial charge in [-0.05, 0) is 6.92 Å². The molecule has 3 rings (SSSR count). The van der Waals surface area contributed by atoms with E-state index in [1.165, 1.54) is 0 Å². The van der Waals surface area contributed by atoms with Gasteiger partial charge in [0.15, 0.2) is 0 Å². The predicted molar refractivity (Wildman–Crippen MR) is 60.7 cm³/mol. The van der Waals surface area contributed by atoms with Gasteiger partial charge < -0.3 is 29.2 Å². The molecule has 20 heavy (non-hydrogen) atoms. The first-order valence-electron chi connectivity index (χ1n) is 6.48. The van der Waals surface area contributed by atoms with E-state index in [0.717, 1.165) is 0 Å². The molecule has 8 nitrogen and oxygen atoms in total. The maximum absolute atomic E-state index is 11.3. The summed E-state index contributed by atoms with van der Waals surface area (Å²) >= 11 is 0. The van der Waals surface area contributed by atoms with E-state index in [0.29, 0.717) is 6.61 Å². The fourth-order valence-electron chi connectivity index (χ4n) is 3.41. The van der Waals surface area contributed by atoms with Gasteiger partial charge in [0.1, 0.15) is 36.3 Å². The van der Waals surface area contributed by atoms with Crippen LogP contribution in [-0.4, -0.2) is 59.1 Å². The van der Waals surface area contributed by atoms with Crippen molar-refractivity contribution in [2.75, 3.05) is 6.61 Å². The average molecular weight is 288 g/mol. The molecular formula is C12H16O8. The molecule has 3 aliphatic rings. The Kier molecular flexibility index (Phi) is 3.02. The van der Waals surface area contributed by atoms with Gasteiger partial charge in [-0.2, -0.15) is 0 Å². The van der Waals surface area contributed by atoms with Crippen molar-refractivity contribution >= 4 is 11.9 Å². The van der Waals surface area contributed by atoms with Crippen LogP contribution in [0.2, 0.25) is 0 Å². The fourth-order valence-corrected chi connectivity index (χ4v) is 3.41. The van der Waals surface area contributed by atoms with Gasteiger partial charge in [-0.25, -0.2) is 0 Å². The summed E-state index contributed by atoms with van der Waals surface area (Å²) in [6.45, 7) is 3.72. The first-order valence-corrected chi connectivity index (χ1v) is 6.48. The van der Waals surface area contributed by atoms with Gasteiger partial charge in [-0.1, -0.05) is 0 Å². The molecule has 3 heterocycles. The molecule has 3 fully saturated rings. The third-order valence-electron chi connectivity index (χ3n) is 4.06. The van der Waals surface area contributed by atoms with E-state index in [2.05, 4.69) is 0 Å². The quantitative estimate of drug-likeness (QED) is 0.723. The molecule has 0 amide bonds. The molecule has 1 unspecified atom stereocenters. The number of carboxylic acid groups (broad SMARTS) is 2. The lowest BCUT2D eigenvalue weighted by atomic mass is 9.76. The molecule has 112 valence electrons. The summed E-state index contributed by atoms with van der Waals surface area (Å²) in [6, 6.07) is 0. The Morgan fingerprint density at radius 1 is 1.05 bits per heavy atom. The Balaban J connectivity index is 1.88. The van der Waals surface area contributed by atoms with Crippen LogP contribution in [0.3, 0.4) is 0 Å². The van der Waals surface area contributed by atoms with Gasteiger partial charge in [0.2, 0.25) is 0 Å². The molecule has 0 aromatic heterocycles. The van der Waals surface area contributed by atoms with Crippen LogP contribution >= 0.6 is 0 Å². The van der Waals surface area contributed by atoms with Crippen molar-refractivity contribution in [2.24, 2.45) is 11.8 Å². The number of aliphatic carboxylic acids is 2. The van der Waals surface area contributed by atoms with Gasteiger partial charge in [-0.15, -0.1) is 0 Å². The van der Waals surface area contributed by atoms with E-state index in [1.54, 1.807) is 13.8 Å². The highest BCUT2D eigenvalue weighted by molar-refractivity contribution is 5.82. The number of hydrogen-bond acceptors (Lipinski definition) is 6. The fraction of sp³-hybridized carbons (Fsp3) is 0.833. The number of rotatable bonds is 4. The Morgan fingerprint density at radius 3 is 1.85 bits per heavy atom. The van der Waals surface area contributed by atoms with E-state index >= 15 is 0 Å². The second-order valence-corrected chi connectivity index (χ2v) is 5.25. The third kappa shape index (κ3) is 1.76. The Hall–Kier alpha value is -1.22. The van der Waals surface area contributed by atoms with Crippen LogP contribution < -0.4 is 0 Å². The Morgan fingerprint density at radius 2 is 1.50 bits per heavy atom. The number of ether oxygens (including phenoxy) is 4. The number of fused-ring (bicyclic) bond motifs is 5. The second-order valence-electron chi connectivity index (χ2n) is 5.25. The highest BCUT2D eigenvalue weighted by atomic mass is 16.9. The molecule has 3 aliphatic heterocycles. The zero-order valence-electron chi connectivity index (χ0n) is 11.0. The molecule has 3 saturated heterocycles. The average Bonchev–Trinajstić information content (AvgIpc) is 2.95. The molecule has 0 spiro atoms. The first kappa shape index (κ1) is 13.7. The van der Waals surface area contributed by atoms with Gasteiger partial charge >= 0.3 is 11.9 Å². The molecule has 0 aromatic carbocycles. The maximum atomic E-state index is 11.3. The summed E-state index contributed by atoms with van der Waals surface area (Å²) in [6.07, 6.45) is -2.89. The van der Waals surface area contributed by atoms with Crippen LogP contribution in [-0.2, 0) is 28.5 Å². The normalized spacial score (nSPS) is 49.3. The van der Waals surface area contributed by atoms with Crippen molar-refractivity contribution in [3.05, 3.63) is 0 Å². The highest BCUT2D eigenvalue weighted by Gasteiger charge is 2.70. The maximum Gasteiger partial charge on any atom is 0.310 e. The van der Waals surface area contributed by atoms with Crippen LogP contribution in [0.4, 0.5) is 0 Å². The summed E-state index contributed by atoms with van der Waals surface area (Å²) in [5.74, 6) is -5.94. The third-order valence-corrected chi connectivity index (χ3v) is 4.06. The van der Waals surface area contributed by atoms with Gasteiger partial charge in [0.05, 0.1) is 0 Å². The van der Waals surface area contributed by atoms with E-state index in [4.69, 9.17) is 18.9 Å². The standard InChI is InChI=1S/C12H16O8/c1-3-17-12(2)19-8-6-4(10(13)14)5(11(15)16)7(18-6)9(8)20-12/h4-9H,3H2,1-2H3,(H,13,14)(H,15,16)/t4-,5+,6-,7+,8+,9-,12?. The molecule has 0 aliphatic carbocycles. The minimum absolute atomic E-state index is 0.358. The molecule has 0 saturated carbocycles. The largest absolute Gasteiger partial charge is 0.481 e. The van der Waals surface area contributed by atoms with Crippen LogP contribution in [0.1, 0.15) is 13.8 Å². The highest BCUT2D eigenvalue weighted by Crippen LogP contribution is 2.51. The molecule has 8 heteroatoms. The van der Waals surface area contributed by atoms with Crippen LogP contribution in [0.15, 0.2) is 0 Å². The van der Waals surface area contributed by atoms with Crippen molar-refractivity contribution in [3.63, 3.8) is 0 Å². The van der Waals surface area contributed by atoms with Gasteiger partial charge in [0, 0.05) is 13.5 Å². The molecule has 2 bridgehead atoms. The minimum Gasteiger partial charge on any atom is -0.481 e. The van der Waals surface area contributed by atoms with Crippen molar-refractivity contribution in [1.82, 2.24) is 0 Å². The molecular weight excluding hydrogens is 272 g/mol. The van der Waals surface area contributed by atoms with E-state index in [1.807, 2.05) is 0 Å². The number of carbonyl (C=O) groups is 2. The lowest BCUT2D eigenvalue weighted by molar-refractivity contribution is -0.339. The molecule has 0 radical (unpaired) electrons. The summed E-state index contributed by atoms with van der Waals surface area (Å²) in [5.41, 5.74) is 0. The monoisotopic (exact) mass is 288 g/mol. The Labute approximate surface area is 114 Å². The van der Waals surface area contributed by atoms with Crippen LogP contribution in [0.25, 0.3) is 0 Å². The van der Waals surface area contributed by atoms with Crippen molar-refractivity contribution < 1.29 is 38.7 Å². The van der Waals surface area contributed by atoms with Gasteiger partial charge in [0.25, 0.3) is 5.97 Å². The summed E-state index contributed by atoms with van der Waals surface area (Å²) in [5, 5.41) is 18.5. The predicted octanol–water partition coefficient (Wildman–Crippen LogP) is -0.337. The SMILES string of the molecule is CCOC1(C)O[C@@H]2[C@H](O1)[C@H]1O[C@@H]2[C@H](C(=O)O)[C@@H]1C(=O)O. The van der Waals surface area contributed by atoms with Crippen LogP contribution in [0.5, 0.6) is 0 Å². The smallest absolute Gasteiger partial charge is 0.310 e. The molecule has 2 N–H and O–H groups in total.